The van der Waals surface area contributed by atoms with Gasteiger partial charge in [-0.3, -0.25) is 23.3 Å². The number of rotatable bonds is 8. The Hall–Kier alpha value is -3.17. The van der Waals surface area contributed by atoms with Crippen LogP contribution in [0, 0.1) is 5.92 Å². The number of carbonyl (C=O) groups excluding carboxylic acids is 3. The second-order valence-corrected chi connectivity index (χ2v) is 12.3. The van der Waals surface area contributed by atoms with Crippen molar-refractivity contribution >= 4 is 44.4 Å². The van der Waals surface area contributed by atoms with Gasteiger partial charge in [-0.15, -0.1) is 13.1 Å². The fourth-order valence-electron chi connectivity index (χ4n) is 4.87. The molecule has 0 amide bonds. The van der Waals surface area contributed by atoms with Gasteiger partial charge in [-0.25, -0.2) is 9.97 Å². The summed E-state index contributed by atoms with van der Waals surface area (Å²) >= 11 is 0.101. The second-order valence-electron chi connectivity index (χ2n) is 11.2. The van der Waals surface area contributed by atoms with Crippen LogP contribution in [0.1, 0.15) is 98.2 Å². The molecule has 0 saturated heterocycles. The highest BCUT2D eigenvalue weighted by molar-refractivity contribution is 7.92. The summed E-state index contributed by atoms with van der Waals surface area (Å²) in [6.45, 7) is 12.7. The lowest BCUT2D eigenvalue weighted by Gasteiger charge is -2.22. The standard InChI is InChI=1S/C24H26FN4O3PS.C6H12O2/c1-5-6-16-19(22(30)12(2)3)14-8-7-13-10-26-20(24(33)18(13)21(14)29(16)34-25)23(31)15-9-17(32-4)28-11-27-15;1-5(7)8-6(2,3)4/h9-12H,5-8,33H2,1-4H3;1-4H3. The second kappa shape index (κ2) is 13.9. The quantitative estimate of drug-likeness (QED) is 0.179. The SMILES string of the molecule is CC(=O)OC(C)(C)C.CCCc1c(C(=O)C(C)C)c2c(n1SF)-c1c(cnc(C(=O)c3cc(OC)ncn3)c1P)CC2. The molecule has 0 aliphatic heterocycles. The third-order valence-electron chi connectivity index (χ3n) is 6.48. The summed E-state index contributed by atoms with van der Waals surface area (Å²) in [4.78, 5) is 49.2. The molecule has 226 valence electrons. The van der Waals surface area contributed by atoms with E-state index in [2.05, 4.69) is 24.2 Å². The zero-order chi connectivity index (χ0) is 31.4. The molecule has 0 spiro atoms. The van der Waals surface area contributed by atoms with Crippen LogP contribution >= 0.6 is 21.6 Å². The lowest BCUT2D eigenvalue weighted by Crippen LogP contribution is -2.22. The van der Waals surface area contributed by atoms with E-state index in [0.717, 1.165) is 23.1 Å². The minimum absolute atomic E-state index is 0.0136. The predicted molar refractivity (Wildman–Crippen MR) is 165 cm³/mol. The van der Waals surface area contributed by atoms with E-state index in [4.69, 9.17) is 9.47 Å². The van der Waals surface area contributed by atoms with Crippen LogP contribution in [0.25, 0.3) is 11.3 Å². The molecule has 0 fully saturated rings. The van der Waals surface area contributed by atoms with Crippen molar-refractivity contribution in [2.75, 3.05) is 7.11 Å². The average molecular weight is 617 g/mol. The normalized spacial score (nSPS) is 12.2. The number of pyridine rings is 1. The van der Waals surface area contributed by atoms with Crippen molar-refractivity contribution in [3.05, 3.63) is 52.4 Å². The number of hydrogen-bond acceptors (Lipinski definition) is 9. The molecule has 3 aromatic heterocycles. The Bertz CT molecular complexity index is 1500. The van der Waals surface area contributed by atoms with Gasteiger partial charge in [0, 0.05) is 47.2 Å². The van der Waals surface area contributed by atoms with Gasteiger partial charge in [0.15, 0.2) is 18.1 Å². The zero-order valence-corrected chi connectivity index (χ0v) is 27.3. The number of methoxy groups -OCH3 is 1. The number of nitrogens with zero attached hydrogens (tertiary/aromatic N) is 4. The molecule has 3 aromatic rings. The van der Waals surface area contributed by atoms with Crippen molar-refractivity contribution in [2.45, 2.75) is 79.8 Å². The third kappa shape index (κ3) is 7.24. The fraction of sp³-hybridized carbons (Fsp3) is 0.467. The first-order valence-corrected chi connectivity index (χ1v) is 15.0. The Labute approximate surface area is 253 Å². The summed E-state index contributed by atoms with van der Waals surface area (Å²) < 4.78 is 25.9. The molecular weight excluding hydrogens is 578 g/mol. The van der Waals surface area contributed by atoms with E-state index in [1.54, 1.807) is 6.20 Å². The molecule has 1 atom stereocenters. The van der Waals surface area contributed by atoms with Crippen LogP contribution in [0.5, 0.6) is 5.88 Å². The lowest BCUT2D eigenvalue weighted by atomic mass is 9.86. The van der Waals surface area contributed by atoms with E-state index >= 15 is 0 Å². The number of aromatic nitrogens is 4. The number of hydrogen-bond donors (Lipinski definition) is 0. The van der Waals surface area contributed by atoms with Crippen LogP contribution in [0.15, 0.2) is 18.6 Å². The van der Waals surface area contributed by atoms with Gasteiger partial charge in [-0.05, 0) is 51.2 Å². The monoisotopic (exact) mass is 616 g/mol. The number of ketones is 2. The lowest BCUT2D eigenvalue weighted by molar-refractivity contribution is -0.151. The van der Waals surface area contributed by atoms with Crippen molar-refractivity contribution < 1.29 is 27.7 Å². The van der Waals surface area contributed by atoms with E-state index in [1.165, 1.54) is 30.4 Å². The summed E-state index contributed by atoms with van der Waals surface area (Å²) in [5.41, 5.74) is 4.47. The number of ether oxygens (including phenoxy) is 2. The van der Waals surface area contributed by atoms with E-state index < -0.39 is 0 Å². The number of Topliss-reactive ketones (excluding diaryl/α,β-unsaturated/α-hetero) is 1. The van der Waals surface area contributed by atoms with Gasteiger partial charge in [0.25, 0.3) is 0 Å². The molecule has 0 saturated carbocycles. The first-order valence-electron chi connectivity index (χ1n) is 13.7. The Morgan fingerprint density at radius 1 is 1.17 bits per heavy atom. The predicted octanol–water partition coefficient (Wildman–Crippen LogP) is 5.70. The smallest absolute Gasteiger partial charge is 0.303 e. The highest BCUT2D eigenvalue weighted by Crippen LogP contribution is 2.42. The van der Waals surface area contributed by atoms with Crippen LogP contribution in [-0.2, 0) is 28.8 Å². The van der Waals surface area contributed by atoms with Crippen LogP contribution in [0.2, 0.25) is 0 Å². The minimum Gasteiger partial charge on any atom is -0.481 e. The number of halogens is 1. The Morgan fingerprint density at radius 3 is 2.38 bits per heavy atom. The number of carbonyl (C=O) groups is 3. The summed E-state index contributed by atoms with van der Waals surface area (Å²) in [7, 11) is 4.06. The number of aryl methyl sites for hydroxylation is 1. The van der Waals surface area contributed by atoms with Crippen LogP contribution in [-0.4, -0.2) is 49.2 Å². The molecule has 3 heterocycles. The third-order valence-corrected chi connectivity index (χ3v) is 7.58. The topological polar surface area (TPSA) is 113 Å². The summed E-state index contributed by atoms with van der Waals surface area (Å²) in [6, 6.07) is 1.46. The van der Waals surface area contributed by atoms with E-state index in [-0.39, 0.29) is 58.7 Å². The highest BCUT2D eigenvalue weighted by Gasteiger charge is 2.34. The van der Waals surface area contributed by atoms with Gasteiger partial charge >= 0.3 is 5.97 Å². The molecule has 0 radical (unpaired) electrons. The average Bonchev–Trinajstić information content (AvgIpc) is 3.24. The molecule has 1 unspecified atom stereocenters. The van der Waals surface area contributed by atoms with Gasteiger partial charge in [0.2, 0.25) is 11.7 Å². The largest absolute Gasteiger partial charge is 0.481 e. The first-order chi connectivity index (χ1) is 19.7. The maximum atomic E-state index is 14.5. The Kier molecular flexibility index (Phi) is 11.0. The van der Waals surface area contributed by atoms with Crippen molar-refractivity contribution in [1.29, 1.82) is 0 Å². The molecule has 42 heavy (non-hydrogen) atoms. The minimum atomic E-state index is -0.390. The highest BCUT2D eigenvalue weighted by atomic mass is 32.2. The maximum Gasteiger partial charge on any atom is 0.303 e. The zero-order valence-electron chi connectivity index (χ0n) is 25.3. The molecule has 1 aliphatic carbocycles. The van der Waals surface area contributed by atoms with Crippen LogP contribution in [0.4, 0.5) is 3.89 Å². The molecule has 0 aromatic carbocycles. The fourth-order valence-corrected chi connectivity index (χ4v) is 5.94. The van der Waals surface area contributed by atoms with Crippen molar-refractivity contribution in [1.82, 2.24) is 18.9 Å². The van der Waals surface area contributed by atoms with Gasteiger partial charge in [0.1, 0.15) is 23.3 Å². The maximum absolute atomic E-state index is 14.5. The van der Waals surface area contributed by atoms with Gasteiger partial charge < -0.3 is 9.47 Å². The van der Waals surface area contributed by atoms with E-state index in [1.807, 2.05) is 41.5 Å². The van der Waals surface area contributed by atoms with Gasteiger partial charge in [-0.1, -0.05) is 27.2 Å². The molecule has 0 bridgehead atoms. The van der Waals surface area contributed by atoms with Crippen molar-refractivity contribution in [3.63, 3.8) is 0 Å². The molecule has 9 nitrogen and oxygen atoms in total. The first kappa shape index (κ1) is 33.3. The van der Waals surface area contributed by atoms with Crippen LogP contribution < -0.4 is 10.0 Å². The van der Waals surface area contributed by atoms with E-state index in [0.29, 0.717) is 41.5 Å². The number of esters is 1. The summed E-state index contributed by atoms with van der Waals surface area (Å²) in [5.74, 6) is -0.539. The molecule has 4 rings (SSSR count). The molecule has 12 heteroatoms. The van der Waals surface area contributed by atoms with Crippen LogP contribution in [0.3, 0.4) is 0 Å². The van der Waals surface area contributed by atoms with Crippen molar-refractivity contribution in [2.24, 2.45) is 5.92 Å². The van der Waals surface area contributed by atoms with Crippen molar-refractivity contribution in [3.8, 4) is 17.1 Å². The Morgan fingerprint density at radius 2 is 1.86 bits per heavy atom. The van der Waals surface area contributed by atoms with Gasteiger partial charge in [-0.2, -0.15) is 0 Å². The van der Waals surface area contributed by atoms with E-state index in [9.17, 15) is 18.3 Å². The summed E-state index contributed by atoms with van der Waals surface area (Å²) in [6.07, 6.45) is 5.55. The summed E-state index contributed by atoms with van der Waals surface area (Å²) in [5, 5.41) is 0.556. The molecule has 1 aliphatic rings. The number of fused-ring (bicyclic) bond motifs is 3. The molecule has 0 N–H and O–H groups in total. The molecular formula is C30H38FN4O5PS. The van der Waals surface area contributed by atoms with Gasteiger partial charge in [0.05, 0.1) is 12.8 Å². The Balaban J connectivity index is 0.000000531.